The first-order valence-corrected chi connectivity index (χ1v) is 6.56. The molecule has 1 aliphatic rings. The maximum absolute atomic E-state index is 12.5. The van der Waals surface area contributed by atoms with Gasteiger partial charge in [0.15, 0.2) is 11.6 Å². The van der Waals surface area contributed by atoms with Crippen LogP contribution in [0.15, 0.2) is 30.3 Å². The van der Waals surface area contributed by atoms with Gasteiger partial charge >= 0.3 is 11.4 Å². The Kier molecular flexibility index (Phi) is 3.19. The van der Waals surface area contributed by atoms with Crippen LogP contribution in [-0.4, -0.2) is 21.4 Å². The van der Waals surface area contributed by atoms with Gasteiger partial charge in [0.1, 0.15) is 5.02 Å². The van der Waals surface area contributed by atoms with Crippen molar-refractivity contribution in [3.05, 3.63) is 77.8 Å². The van der Waals surface area contributed by atoms with Crippen molar-refractivity contribution < 1.29 is 19.4 Å². The van der Waals surface area contributed by atoms with E-state index in [0.29, 0.717) is 0 Å². The van der Waals surface area contributed by atoms with Gasteiger partial charge in [0.05, 0.1) is 15.4 Å². The van der Waals surface area contributed by atoms with E-state index in [2.05, 4.69) is 0 Å². The van der Waals surface area contributed by atoms with Gasteiger partial charge in [-0.15, -0.1) is 0 Å². The highest BCUT2D eigenvalue weighted by molar-refractivity contribution is 6.41. The number of benzene rings is 2. The van der Waals surface area contributed by atoms with Crippen molar-refractivity contribution in [1.29, 1.82) is 0 Å². The van der Waals surface area contributed by atoms with Crippen molar-refractivity contribution in [3.8, 4) is 0 Å². The number of hydrogen-bond acceptors (Lipinski definition) is 6. The number of nitro benzene ring substituents is 2. The smallest absolute Gasteiger partial charge is 0.289 e. The molecular formula is C14H5ClN2O6. The standard InChI is InChI=1S/C14H5ClN2O6/c15-11-10-8(5-9(16(20)21)12(11)17(22)23)13(18)6-3-1-2-4-7(6)14(10)19/h1-5H. The molecule has 0 amide bonds. The number of rotatable bonds is 2. The molecule has 0 atom stereocenters. The molecule has 0 radical (unpaired) electrons. The summed E-state index contributed by atoms with van der Waals surface area (Å²) in [4.78, 5) is 45.0. The molecule has 2 aromatic rings. The molecule has 0 aromatic heterocycles. The van der Waals surface area contributed by atoms with Crippen LogP contribution in [0.5, 0.6) is 0 Å². The molecule has 8 nitrogen and oxygen atoms in total. The second-order valence-electron chi connectivity index (χ2n) is 4.70. The van der Waals surface area contributed by atoms with E-state index in [1.54, 1.807) is 0 Å². The minimum atomic E-state index is -1.04. The Balaban J connectivity index is 2.42. The summed E-state index contributed by atoms with van der Waals surface area (Å²) in [6.45, 7) is 0. The van der Waals surface area contributed by atoms with Crippen molar-refractivity contribution >= 4 is 34.5 Å². The van der Waals surface area contributed by atoms with Gasteiger partial charge in [-0.1, -0.05) is 35.9 Å². The highest BCUT2D eigenvalue weighted by Gasteiger charge is 2.40. The number of hydrogen-bond donors (Lipinski definition) is 0. The average molecular weight is 333 g/mol. The van der Waals surface area contributed by atoms with Crippen LogP contribution in [0.4, 0.5) is 11.4 Å². The molecule has 23 heavy (non-hydrogen) atoms. The number of carbonyl (C=O) groups excluding carboxylic acids is 2. The van der Waals surface area contributed by atoms with Crippen LogP contribution in [0.3, 0.4) is 0 Å². The largest absolute Gasteiger partial charge is 0.365 e. The van der Waals surface area contributed by atoms with Crippen LogP contribution in [0, 0.1) is 20.2 Å². The monoisotopic (exact) mass is 332 g/mol. The SMILES string of the molecule is O=C1c2ccccc2C(=O)c2c1cc([N+](=O)[O-])c([N+](=O)[O-])c2Cl. The molecule has 0 heterocycles. The first-order chi connectivity index (χ1) is 10.8. The third-order valence-electron chi connectivity index (χ3n) is 3.49. The summed E-state index contributed by atoms with van der Waals surface area (Å²) in [7, 11) is 0. The molecule has 0 bridgehead atoms. The Morgan fingerprint density at radius 1 is 0.870 bits per heavy atom. The van der Waals surface area contributed by atoms with Crippen molar-refractivity contribution in [2.75, 3.05) is 0 Å². The first-order valence-electron chi connectivity index (χ1n) is 6.18. The van der Waals surface area contributed by atoms with Gasteiger partial charge in [-0.3, -0.25) is 29.8 Å². The van der Waals surface area contributed by atoms with Gasteiger partial charge in [-0.25, -0.2) is 0 Å². The van der Waals surface area contributed by atoms with Crippen LogP contribution in [0.2, 0.25) is 5.02 Å². The zero-order chi connectivity index (χ0) is 16.9. The van der Waals surface area contributed by atoms with Crippen molar-refractivity contribution in [2.45, 2.75) is 0 Å². The predicted molar refractivity (Wildman–Crippen MR) is 78.1 cm³/mol. The molecule has 0 fully saturated rings. The highest BCUT2D eigenvalue weighted by atomic mass is 35.5. The molecule has 2 aromatic carbocycles. The van der Waals surface area contributed by atoms with E-state index in [1.807, 2.05) is 0 Å². The molecule has 0 unspecified atom stereocenters. The zero-order valence-electron chi connectivity index (χ0n) is 11.1. The Hall–Kier alpha value is -3.13. The molecule has 0 spiro atoms. The van der Waals surface area contributed by atoms with Crippen molar-refractivity contribution in [3.63, 3.8) is 0 Å². The minimum Gasteiger partial charge on any atom is -0.289 e. The minimum absolute atomic E-state index is 0.0510. The average Bonchev–Trinajstić information content (AvgIpc) is 2.51. The van der Waals surface area contributed by atoms with Gasteiger partial charge in [-0.05, 0) is 0 Å². The normalized spacial score (nSPS) is 12.6. The molecule has 114 valence electrons. The summed E-state index contributed by atoms with van der Waals surface area (Å²) in [5.41, 5.74) is -2.50. The predicted octanol–water partition coefficient (Wildman–Crippen LogP) is 2.93. The fourth-order valence-corrected chi connectivity index (χ4v) is 2.85. The second-order valence-corrected chi connectivity index (χ2v) is 5.08. The summed E-state index contributed by atoms with van der Waals surface area (Å²) in [6.07, 6.45) is 0. The quantitative estimate of drug-likeness (QED) is 0.525. The molecule has 9 heteroatoms. The summed E-state index contributed by atoms with van der Waals surface area (Å²) >= 11 is 5.88. The van der Waals surface area contributed by atoms with Crippen LogP contribution in [0.25, 0.3) is 0 Å². The number of ketones is 2. The van der Waals surface area contributed by atoms with Gasteiger partial charge in [0.25, 0.3) is 0 Å². The lowest BCUT2D eigenvalue weighted by atomic mass is 9.83. The van der Waals surface area contributed by atoms with E-state index in [4.69, 9.17) is 11.6 Å². The summed E-state index contributed by atoms with van der Waals surface area (Å²) in [5.74, 6) is -1.33. The number of fused-ring (bicyclic) bond motifs is 2. The lowest BCUT2D eigenvalue weighted by molar-refractivity contribution is -0.422. The first kappa shape index (κ1) is 14.8. The molecule has 1 aliphatic carbocycles. The van der Waals surface area contributed by atoms with E-state index in [-0.39, 0.29) is 22.3 Å². The Morgan fingerprint density at radius 3 is 1.96 bits per heavy atom. The topological polar surface area (TPSA) is 120 Å². The third kappa shape index (κ3) is 2.00. The maximum atomic E-state index is 12.5. The van der Waals surface area contributed by atoms with Gasteiger partial charge < -0.3 is 0 Å². The van der Waals surface area contributed by atoms with Crippen LogP contribution < -0.4 is 0 Å². The van der Waals surface area contributed by atoms with E-state index in [0.717, 1.165) is 6.07 Å². The summed E-state index contributed by atoms with van der Waals surface area (Å²) < 4.78 is 0. The Labute approximate surface area is 132 Å². The Morgan fingerprint density at radius 2 is 1.43 bits per heavy atom. The van der Waals surface area contributed by atoms with Crippen LogP contribution in [-0.2, 0) is 0 Å². The molecular weight excluding hydrogens is 328 g/mol. The zero-order valence-corrected chi connectivity index (χ0v) is 11.9. The fourth-order valence-electron chi connectivity index (χ4n) is 2.50. The molecule has 3 rings (SSSR count). The van der Waals surface area contributed by atoms with Gasteiger partial charge in [0, 0.05) is 22.8 Å². The molecule has 0 aliphatic heterocycles. The molecule has 0 N–H and O–H groups in total. The second kappa shape index (κ2) is 4.96. The lowest BCUT2D eigenvalue weighted by Crippen LogP contribution is -2.22. The fraction of sp³-hybridized carbons (Fsp3) is 0. The van der Waals surface area contributed by atoms with E-state index in [9.17, 15) is 29.8 Å². The van der Waals surface area contributed by atoms with Crippen molar-refractivity contribution in [1.82, 2.24) is 0 Å². The van der Waals surface area contributed by atoms with Gasteiger partial charge in [0.2, 0.25) is 0 Å². The summed E-state index contributed by atoms with van der Waals surface area (Å²) in [6, 6.07) is 6.59. The van der Waals surface area contributed by atoms with E-state index in [1.165, 1.54) is 24.3 Å². The van der Waals surface area contributed by atoms with Gasteiger partial charge in [-0.2, -0.15) is 0 Å². The van der Waals surface area contributed by atoms with E-state index >= 15 is 0 Å². The van der Waals surface area contributed by atoms with Crippen molar-refractivity contribution in [2.24, 2.45) is 0 Å². The number of nitro groups is 2. The van der Waals surface area contributed by atoms with Crippen LogP contribution in [0.1, 0.15) is 31.8 Å². The van der Waals surface area contributed by atoms with Crippen LogP contribution >= 0.6 is 11.6 Å². The number of nitrogens with zero attached hydrogens (tertiary/aromatic N) is 2. The summed E-state index contributed by atoms with van der Waals surface area (Å²) in [5, 5.41) is 21.4. The molecule has 0 saturated carbocycles. The molecule has 0 saturated heterocycles. The highest BCUT2D eigenvalue weighted by Crippen LogP contribution is 2.42. The lowest BCUT2D eigenvalue weighted by Gasteiger charge is -2.17. The number of halogens is 1. The third-order valence-corrected chi connectivity index (χ3v) is 3.86. The Bertz CT molecular complexity index is 937. The van der Waals surface area contributed by atoms with E-state index < -0.39 is 37.8 Å². The maximum Gasteiger partial charge on any atom is 0.365 e. The number of carbonyl (C=O) groups is 2.